The first-order valence-electron chi connectivity index (χ1n) is 9.49. The van der Waals surface area contributed by atoms with Crippen LogP contribution in [0.4, 0.5) is 0 Å². The van der Waals surface area contributed by atoms with Crippen LogP contribution in [0.5, 0.6) is 0 Å². The molecule has 136 valence electrons. The minimum atomic E-state index is -0.806. The van der Waals surface area contributed by atoms with Crippen molar-refractivity contribution in [3.05, 3.63) is 12.2 Å². The average molecular weight is 328 g/mol. The zero-order valence-corrected chi connectivity index (χ0v) is 15.1. The van der Waals surface area contributed by atoms with Crippen molar-refractivity contribution < 1.29 is 15.2 Å². The van der Waals surface area contributed by atoms with E-state index in [2.05, 4.69) is 13.5 Å². The largest absolute Gasteiger partial charge is 0.298 e. The van der Waals surface area contributed by atoms with Crippen LogP contribution in [0.25, 0.3) is 0 Å². The Bertz CT molecular complexity index is 303. The Morgan fingerprint density at radius 1 is 0.739 bits per heavy atom. The Morgan fingerprint density at radius 3 is 1.43 bits per heavy atom. The van der Waals surface area contributed by atoms with Crippen LogP contribution in [0, 0.1) is 0 Å². The summed E-state index contributed by atoms with van der Waals surface area (Å²) in [6.07, 6.45) is 18.6. The fraction of sp³-hybridized carbons (Fsp3) is 0.842. The lowest BCUT2D eigenvalue weighted by Crippen LogP contribution is -2.24. The fourth-order valence-corrected chi connectivity index (χ4v) is 2.78. The minimum Gasteiger partial charge on any atom is -0.265 e. The molecular formula is C19H37NO3. The van der Waals surface area contributed by atoms with Crippen LogP contribution in [0.1, 0.15) is 103 Å². The van der Waals surface area contributed by atoms with Gasteiger partial charge in [0, 0.05) is 5.57 Å². The number of carbonyl (C=O) groups excluding carboxylic acids is 1. The summed E-state index contributed by atoms with van der Waals surface area (Å²) in [6, 6.07) is 0. The van der Waals surface area contributed by atoms with E-state index < -0.39 is 5.91 Å². The number of rotatable bonds is 16. The van der Waals surface area contributed by atoms with Gasteiger partial charge in [-0.15, -0.1) is 0 Å². The van der Waals surface area contributed by atoms with Gasteiger partial charge in [-0.1, -0.05) is 102 Å². The molecule has 0 saturated carbocycles. The van der Waals surface area contributed by atoms with Crippen LogP contribution in [0.2, 0.25) is 0 Å². The molecule has 0 aliphatic heterocycles. The van der Waals surface area contributed by atoms with E-state index in [0.29, 0.717) is 6.42 Å². The van der Waals surface area contributed by atoms with Gasteiger partial charge < -0.3 is 0 Å². The molecule has 4 heteroatoms. The quantitative estimate of drug-likeness (QED) is 0.158. The lowest BCUT2D eigenvalue weighted by atomic mass is 10.0. The molecule has 1 amide bonds. The van der Waals surface area contributed by atoms with Gasteiger partial charge in [0.2, 0.25) is 0 Å². The first-order valence-corrected chi connectivity index (χ1v) is 9.49. The summed E-state index contributed by atoms with van der Waals surface area (Å²) < 4.78 is 0. The molecule has 0 spiro atoms. The molecule has 23 heavy (non-hydrogen) atoms. The molecule has 0 unspecified atom stereocenters. The molecule has 0 aromatic rings. The van der Waals surface area contributed by atoms with Crippen molar-refractivity contribution in [1.29, 1.82) is 0 Å². The predicted octanol–water partition coefficient (Wildman–Crippen LogP) is 6.02. The summed E-state index contributed by atoms with van der Waals surface area (Å²) >= 11 is 0. The normalized spacial score (nSPS) is 10.7. The third-order valence-electron chi connectivity index (χ3n) is 4.32. The van der Waals surface area contributed by atoms with Gasteiger partial charge in [-0.2, -0.15) is 0 Å². The number of unbranched alkanes of at least 4 members (excludes halogenated alkanes) is 13. The zero-order chi connectivity index (χ0) is 17.3. The molecule has 0 saturated heterocycles. The third kappa shape index (κ3) is 14.5. The lowest BCUT2D eigenvalue weighted by Gasteiger charge is -2.08. The second-order valence-electron chi connectivity index (χ2n) is 6.54. The molecule has 0 rings (SSSR count). The van der Waals surface area contributed by atoms with Crippen LogP contribution in [0.3, 0.4) is 0 Å². The summed E-state index contributed by atoms with van der Waals surface area (Å²) in [5.74, 6) is -0.806. The predicted molar refractivity (Wildman–Crippen MR) is 94.5 cm³/mol. The number of hydrogen-bond acceptors (Lipinski definition) is 3. The van der Waals surface area contributed by atoms with Crippen LogP contribution >= 0.6 is 0 Å². The van der Waals surface area contributed by atoms with Gasteiger partial charge in [0.25, 0.3) is 5.91 Å². The smallest absolute Gasteiger partial charge is 0.265 e. The van der Waals surface area contributed by atoms with E-state index >= 15 is 0 Å². The van der Waals surface area contributed by atoms with Crippen molar-refractivity contribution in [3.63, 3.8) is 0 Å². The van der Waals surface area contributed by atoms with E-state index in [1.807, 2.05) is 0 Å². The Labute approximate surface area is 142 Å². The summed E-state index contributed by atoms with van der Waals surface area (Å²) in [6.45, 7) is 5.82. The molecule has 4 nitrogen and oxygen atoms in total. The van der Waals surface area contributed by atoms with E-state index in [9.17, 15) is 4.79 Å². The molecule has 0 aliphatic rings. The van der Waals surface area contributed by atoms with Crippen LogP contribution in [-0.2, 0) is 4.79 Å². The second kappa shape index (κ2) is 16.0. The molecule has 0 bridgehead atoms. The van der Waals surface area contributed by atoms with Gasteiger partial charge in [0.1, 0.15) is 0 Å². The van der Waals surface area contributed by atoms with Crippen molar-refractivity contribution in [3.8, 4) is 0 Å². The number of amides is 1. The maximum Gasteiger partial charge on any atom is 0.298 e. The first-order chi connectivity index (χ1) is 11.1. The third-order valence-corrected chi connectivity index (χ3v) is 4.32. The maximum absolute atomic E-state index is 11.1. The van der Waals surface area contributed by atoms with Crippen molar-refractivity contribution in [2.75, 3.05) is 0 Å². The Hall–Kier alpha value is -0.870. The highest BCUT2D eigenvalue weighted by atomic mass is 16.8. The summed E-state index contributed by atoms with van der Waals surface area (Å²) in [5, 5.41) is 16.8. The molecule has 0 radical (unpaired) electrons. The van der Waals surface area contributed by atoms with Crippen molar-refractivity contribution in [2.45, 2.75) is 103 Å². The van der Waals surface area contributed by atoms with E-state index in [1.165, 1.54) is 77.0 Å². The molecule has 0 aromatic carbocycles. The Morgan fingerprint density at radius 2 is 1.09 bits per heavy atom. The number of hydrogen-bond donors (Lipinski definition) is 2. The van der Waals surface area contributed by atoms with Gasteiger partial charge >= 0.3 is 0 Å². The highest BCUT2D eigenvalue weighted by Gasteiger charge is 2.11. The molecule has 0 heterocycles. The van der Waals surface area contributed by atoms with E-state index in [4.69, 9.17) is 10.4 Å². The highest BCUT2D eigenvalue weighted by molar-refractivity contribution is 5.90. The minimum absolute atomic E-state index is 0.258. The highest BCUT2D eigenvalue weighted by Crippen LogP contribution is 2.14. The van der Waals surface area contributed by atoms with Gasteiger partial charge in [-0.25, -0.2) is 0 Å². The Kier molecular flexibility index (Phi) is 15.4. The molecular weight excluding hydrogens is 290 g/mol. The van der Waals surface area contributed by atoms with Crippen molar-refractivity contribution in [1.82, 2.24) is 5.23 Å². The van der Waals surface area contributed by atoms with Gasteiger partial charge in [-0.05, 0) is 12.8 Å². The van der Waals surface area contributed by atoms with Crippen molar-refractivity contribution in [2.24, 2.45) is 0 Å². The average Bonchev–Trinajstić information content (AvgIpc) is 2.54. The van der Waals surface area contributed by atoms with Gasteiger partial charge in [0.05, 0.1) is 0 Å². The van der Waals surface area contributed by atoms with Crippen molar-refractivity contribution >= 4 is 5.91 Å². The number of hydroxylamine groups is 2. The van der Waals surface area contributed by atoms with E-state index in [-0.39, 0.29) is 10.8 Å². The lowest BCUT2D eigenvalue weighted by molar-refractivity contribution is -0.281. The number of nitrogens with zero attached hydrogens (tertiary/aromatic N) is 1. The summed E-state index contributed by atoms with van der Waals surface area (Å²) in [7, 11) is 0. The van der Waals surface area contributed by atoms with Crippen LogP contribution in [-0.4, -0.2) is 21.5 Å². The summed E-state index contributed by atoms with van der Waals surface area (Å²) in [5.41, 5.74) is 0.258. The first kappa shape index (κ1) is 22.1. The van der Waals surface area contributed by atoms with Gasteiger partial charge in [0.15, 0.2) is 0 Å². The molecule has 0 fully saturated rings. The molecule has 0 atom stereocenters. The standard InChI is InChI=1S/C19H37NO3/c1-3-4-5-6-7-8-9-10-11-12-13-14-15-16-17-18(2)19(21)20(22)23/h22-23H,2-17H2,1H3. The Balaban J connectivity index is 3.19. The molecule has 0 aromatic heterocycles. The van der Waals surface area contributed by atoms with Crippen LogP contribution < -0.4 is 0 Å². The molecule has 2 N–H and O–H groups in total. The van der Waals surface area contributed by atoms with Gasteiger partial charge in [-0.3, -0.25) is 15.2 Å². The maximum atomic E-state index is 11.1. The number of carbonyl (C=O) groups is 1. The monoisotopic (exact) mass is 327 g/mol. The summed E-state index contributed by atoms with van der Waals surface area (Å²) in [4.78, 5) is 11.1. The second-order valence-corrected chi connectivity index (χ2v) is 6.54. The van der Waals surface area contributed by atoms with E-state index in [0.717, 1.165) is 12.8 Å². The molecule has 0 aliphatic carbocycles. The van der Waals surface area contributed by atoms with Crippen LogP contribution in [0.15, 0.2) is 12.2 Å². The fourth-order valence-electron chi connectivity index (χ4n) is 2.78. The SMILES string of the molecule is C=C(CCCCCCCCCCCCCCCC)C(=O)N(O)O. The topological polar surface area (TPSA) is 60.8 Å². The van der Waals surface area contributed by atoms with E-state index in [1.54, 1.807) is 0 Å². The zero-order valence-electron chi connectivity index (χ0n) is 15.1.